The molecule has 0 saturated carbocycles. The maximum absolute atomic E-state index is 13.6. The van der Waals surface area contributed by atoms with Gasteiger partial charge in [0.05, 0.1) is 11.1 Å². The van der Waals surface area contributed by atoms with Gasteiger partial charge in [-0.1, -0.05) is 63.2 Å². The van der Waals surface area contributed by atoms with Crippen molar-refractivity contribution in [1.82, 2.24) is 14.9 Å². The molecule has 2 aromatic carbocycles. The van der Waals surface area contributed by atoms with Crippen LogP contribution in [0.25, 0.3) is 10.9 Å². The number of benzene rings is 2. The Morgan fingerprint density at radius 3 is 2.48 bits per heavy atom. The monoisotopic (exact) mass is 411 g/mol. The van der Waals surface area contributed by atoms with Gasteiger partial charge < -0.3 is 9.88 Å². The van der Waals surface area contributed by atoms with E-state index >= 15 is 0 Å². The van der Waals surface area contributed by atoms with E-state index in [4.69, 9.17) is 0 Å². The molecular formula is C27H29N3O. The van der Waals surface area contributed by atoms with Gasteiger partial charge in [-0.15, -0.1) is 0 Å². The topological polar surface area (TPSA) is 49.0 Å². The van der Waals surface area contributed by atoms with Gasteiger partial charge in [0.1, 0.15) is 0 Å². The van der Waals surface area contributed by atoms with Crippen LogP contribution in [0.15, 0.2) is 79.3 Å². The Morgan fingerprint density at radius 1 is 0.968 bits per heavy atom. The predicted octanol–water partition coefficient (Wildman–Crippen LogP) is 5.75. The van der Waals surface area contributed by atoms with Crippen molar-refractivity contribution in [3.63, 3.8) is 0 Å². The number of H-pyrrole nitrogens is 1. The van der Waals surface area contributed by atoms with Gasteiger partial charge in [-0.2, -0.15) is 0 Å². The number of pyridine rings is 1. The summed E-state index contributed by atoms with van der Waals surface area (Å²) >= 11 is 0. The van der Waals surface area contributed by atoms with Crippen LogP contribution in [-0.2, 0) is 18.4 Å². The van der Waals surface area contributed by atoms with Crippen LogP contribution in [0.4, 0.5) is 0 Å². The Balaban J connectivity index is 1.60. The summed E-state index contributed by atoms with van der Waals surface area (Å²) in [5.74, 6) is 0.0387. The summed E-state index contributed by atoms with van der Waals surface area (Å²) in [6.45, 7) is 7.83. The van der Waals surface area contributed by atoms with E-state index in [0.717, 1.165) is 28.5 Å². The number of hydrogen-bond acceptors (Lipinski definition) is 2. The van der Waals surface area contributed by atoms with Crippen LogP contribution in [0.2, 0.25) is 0 Å². The summed E-state index contributed by atoms with van der Waals surface area (Å²) in [5.41, 5.74) is 5.26. The molecule has 0 unspecified atom stereocenters. The van der Waals surface area contributed by atoms with Crippen molar-refractivity contribution >= 4 is 16.8 Å². The third kappa shape index (κ3) is 4.85. The lowest BCUT2D eigenvalue weighted by molar-refractivity contribution is 0.0747. The Morgan fingerprint density at radius 2 is 1.77 bits per heavy atom. The van der Waals surface area contributed by atoms with Gasteiger partial charge in [0.25, 0.3) is 5.91 Å². The van der Waals surface area contributed by atoms with Crippen LogP contribution in [-0.4, -0.2) is 27.3 Å². The molecule has 31 heavy (non-hydrogen) atoms. The number of amides is 1. The highest BCUT2D eigenvalue weighted by molar-refractivity contribution is 6.05. The molecule has 2 heterocycles. The third-order valence-corrected chi connectivity index (χ3v) is 5.69. The minimum absolute atomic E-state index is 0.0387. The van der Waals surface area contributed by atoms with Crippen LogP contribution >= 0.6 is 0 Å². The molecule has 1 N–H and O–H groups in total. The second-order valence-corrected chi connectivity index (χ2v) is 9.03. The van der Waals surface area contributed by atoms with E-state index < -0.39 is 0 Å². The average Bonchev–Trinajstić information content (AvgIpc) is 3.25. The molecule has 0 aliphatic carbocycles. The van der Waals surface area contributed by atoms with Gasteiger partial charge in [0, 0.05) is 37.1 Å². The number of carbonyl (C=O) groups excluding carboxylic acids is 1. The first-order valence-corrected chi connectivity index (χ1v) is 10.8. The van der Waals surface area contributed by atoms with Crippen LogP contribution < -0.4 is 0 Å². The smallest absolute Gasteiger partial charge is 0.256 e. The van der Waals surface area contributed by atoms with Crippen molar-refractivity contribution in [2.75, 3.05) is 6.54 Å². The number of nitrogens with zero attached hydrogens (tertiary/aromatic N) is 2. The van der Waals surface area contributed by atoms with Crippen molar-refractivity contribution in [1.29, 1.82) is 0 Å². The van der Waals surface area contributed by atoms with Crippen LogP contribution in [0.3, 0.4) is 0 Å². The number of rotatable bonds is 6. The highest BCUT2D eigenvalue weighted by atomic mass is 16.2. The number of aromatic nitrogens is 2. The van der Waals surface area contributed by atoms with Gasteiger partial charge in [0.2, 0.25) is 0 Å². The fourth-order valence-corrected chi connectivity index (χ4v) is 3.83. The maximum Gasteiger partial charge on any atom is 0.256 e. The molecule has 1 amide bonds. The second-order valence-electron chi connectivity index (χ2n) is 9.03. The lowest BCUT2D eigenvalue weighted by atomic mass is 9.87. The van der Waals surface area contributed by atoms with E-state index in [0.29, 0.717) is 18.7 Å². The first kappa shape index (κ1) is 20.9. The van der Waals surface area contributed by atoms with E-state index in [1.54, 1.807) is 6.20 Å². The van der Waals surface area contributed by atoms with E-state index in [2.05, 4.69) is 61.1 Å². The molecule has 0 saturated heterocycles. The molecule has 4 aromatic rings. The van der Waals surface area contributed by atoms with Gasteiger partial charge >= 0.3 is 0 Å². The summed E-state index contributed by atoms with van der Waals surface area (Å²) in [5, 5.41) is 1.05. The molecule has 0 atom stereocenters. The number of carbonyl (C=O) groups is 1. The molecular weight excluding hydrogens is 382 g/mol. The zero-order chi connectivity index (χ0) is 21.8. The third-order valence-electron chi connectivity index (χ3n) is 5.69. The Hall–Kier alpha value is -3.40. The number of aromatic amines is 1. The fourth-order valence-electron chi connectivity index (χ4n) is 3.83. The van der Waals surface area contributed by atoms with Crippen molar-refractivity contribution in [3.8, 4) is 0 Å². The van der Waals surface area contributed by atoms with Crippen LogP contribution in [0, 0.1) is 0 Å². The van der Waals surface area contributed by atoms with E-state index in [9.17, 15) is 4.79 Å². The zero-order valence-corrected chi connectivity index (χ0v) is 18.4. The lowest BCUT2D eigenvalue weighted by Crippen LogP contribution is -2.32. The number of nitrogens with one attached hydrogen (secondary N) is 1. The molecule has 0 spiro atoms. The molecule has 158 valence electrons. The highest BCUT2D eigenvalue weighted by Crippen LogP contribution is 2.24. The SMILES string of the molecule is CC(C)(C)c1ccc(CN(CCc2cccnc2)C(=O)c2cccc3cc[nH]c23)cc1. The minimum atomic E-state index is 0.0387. The van der Waals surface area contributed by atoms with Crippen molar-refractivity contribution in [3.05, 3.63) is 102 Å². The predicted molar refractivity (Wildman–Crippen MR) is 126 cm³/mol. The minimum Gasteiger partial charge on any atom is -0.361 e. The highest BCUT2D eigenvalue weighted by Gasteiger charge is 2.20. The van der Waals surface area contributed by atoms with Gasteiger partial charge in [-0.25, -0.2) is 0 Å². The van der Waals surface area contributed by atoms with Crippen molar-refractivity contribution < 1.29 is 4.79 Å². The number of para-hydroxylation sites is 1. The summed E-state index contributed by atoms with van der Waals surface area (Å²) in [6, 6.07) is 20.5. The lowest BCUT2D eigenvalue weighted by Gasteiger charge is -2.24. The molecule has 4 heteroatoms. The largest absolute Gasteiger partial charge is 0.361 e. The molecule has 0 radical (unpaired) electrons. The van der Waals surface area contributed by atoms with Gasteiger partial charge in [0.15, 0.2) is 0 Å². The van der Waals surface area contributed by atoms with Crippen LogP contribution in [0.1, 0.15) is 47.8 Å². The molecule has 4 nitrogen and oxygen atoms in total. The standard InChI is InChI=1S/C27H29N3O/c1-27(2,3)23-11-9-21(10-12-23)19-30(17-14-20-6-5-15-28-18-20)26(31)24-8-4-7-22-13-16-29-25(22)24/h4-13,15-16,18,29H,14,17,19H2,1-3H3. The molecule has 0 bridgehead atoms. The molecule has 0 fully saturated rings. The molecule has 0 aliphatic rings. The quantitative estimate of drug-likeness (QED) is 0.439. The zero-order valence-electron chi connectivity index (χ0n) is 18.4. The average molecular weight is 412 g/mol. The molecule has 2 aromatic heterocycles. The number of hydrogen-bond donors (Lipinski definition) is 1. The first-order chi connectivity index (χ1) is 14.9. The van der Waals surface area contributed by atoms with Crippen molar-refractivity contribution in [2.45, 2.75) is 39.2 Å². The van der Waals surface area contributed by atoms with Crippen LogP contribution in [0.5, 0.6) is 0 Å². The molecule has 4 rings (SSSR count). The maximum atomic E-state index is 13.6. The van der Waals surface area contributed by atoms with E-state index in [1.165, 1.54) is 5.56 Å². The first-order valence-electron chi connectivity index (χ1n) is 10.8. The van der Waals surface area contributed by atoms with Gasteiger partial charge in [-0.3, -0.25) is 9.78 Å². The normalized spacial score (nSPS) is 11.6. The Bertz CT molecular complexity index is 1150. The van der Waals surface area contributed by atoms with Crippen molar-refractivity contribution in [2.24, 2.45) is 0 Å². The Kier molecular flexibility index (Phi) is 5.90. The Labute approximate surface area is 183 Å². The number of fused-ring (bicyclic) bond motifs is 1. The summed E-state index contributed by atoms with van der Waals surface area (Å²) in [4.78, 5) is 23.0. The van der Waals surface area contributed by atoms with E-state index in [1.807, 2.05) is 47.6 Å². The summed E-state index contributed by atoms with van der Waals surface area (Å²) in [6.07, 6.45) is 6.29. The fraction of sp³-hybridized carbons (Fsp3) is 0.259. The second kappa shape index (κ2) is 8.76. The van der Waals surface area contributed by atoms with E-state index in [-0.39, 0.29) is 11.3 Å². The summed E-state index contributed by atoms with van der Waals surface area (Å²) in [7, 11) is 0. The summed E-state index contributed by atoms with van der Waals surface area (Å²) < 4.78 is 0. The van der Waals surface area contributed by atoms with Gasteiger partial charge in [-0.05, 0) is 46.7 Å². The molecule has 0 aliphatic heterocycles.